The maximum Gasteiger partial charge on any atom is 0.161 e. The van der Waals surface area contributed by atoms with Crippen LogP contribution in [0.5, 0.6) is 11.5 Å². The van der Waals surface area contributed by atoms with E-state index in [2.05, 4.69) is 4.90 Å². The number of benzene rings is 1. The standard InChI is InChI=1S/C16H25NO3/c1-13(18)14-6-7-15(16(12-14)19-2)20-11-5-10-17-8-3-4-9-17/h6-7,12-13,18H,3-5,8-11H2,1-2H3. The van der Waals surface area contributed by atoms with E-state index in [0.717, 1.165) is 24.3 Å². The van der Waals surface area contributed by atoms with Crippen molar-refractivity contribution in [2.75, 3.05) is 33.4 Å². The first-order valence-electron chi connectivity index (χ1n) is 7.42. The molecule has 4 heteroatoms. The summed E-state index contributed by atoms with van der Waals surface area (Å²) in [5.41, 5.74) is 0.839. The Morgan fingerprint density at radius 2 is 2.00 bits per heavy atom. The second kappa shape index (κ2) is 7.50. The van der Waals surface area contributed by atoms with Gasteiger partial charge in [-0.2, -0.15) is 0 Å². The van der Waals surface area contributed by atoms with E-state index in [4.69, 9.17) is 9.47 Å². The Labute approximate surface area is 121 Å². The molecule has 1 N–H and O–H groups in total. The second-order valence-corrected chi connectivity index (χ2v) is 5.34. The molecule has 0 aliphatic carbocycles. The molecule has 1 heterocycles. The lowest BCUT2D eigenvalue weighted by molar-refractivity contribution is 0.198. The fourth-order valence-corrected chi connectivity index (χ4v) is 2.54. The van der Waals surface area contributed by atoms with E-state index in [0.29, 0.717) is 12.4 Å². The van der Waals surface area contributed by atoms with Gasteiger partial charge in [-0.1, -0.05) is 6.07 Å². The molecule has 1 aliphatic heterocycles. The summed E-state index contributed by atoms with van der Waals surface area (Å²) in [6, 6.07) is 5.58. The van der Waals surface area contributed by atoms with Gasteiger partial charge in [0, 0.05) is 6.54 Å². The highest BCUT2D eigenvalue weighted by Gasteiger charge is 2.11. The average molecular weight is 279 g/mol. The second-order valence-electron chi connectivity index (χ2n) is 5.34. The highest BCUT2D eigenvalue weighted by molar-refractivity contribution is 5.43. The number of aliphatic hydroxyl groups excluding tert-OH is 1. The minimum Gasteiger partial charge on any atom is -0.493 e. The van der Waals surface area contributed by atoms with Gasteiger partial charge in [0.15, 0.2) is 11.5 Å². The zero-order chi connectivity index (χ0) is 14.4. The highest BCUT2D eigenvalue weighted by Crippen LogP contribution is 2.30. The van der Waals surface area contributed by atoms with Crippen molar-refractivity contribution in [3.63, 3.8) is 0 Å². The Balaban J connectivity index is 1.82. The minimum absolute atomic E-state index is 0.492. The van der Waals surface area contributed by atoms with E-state index >= 15 is 0 Å². The SMILES string of the molecule is COc1cc(C(C)O)ccc1OCCCN1CCCC1. The molecule has 1 saturated heterocycles. The van der Waals surface area contributed by atoms with Gasteiger partial charge in [-0.25, -0.2) is 0 Å². The van der Waals surface area contributed by atoms with Crippen molar-refractivity contribution in [3.05, 3.63) is 23.8 Å². The lowest BCUT2D eigenvalue weighted by atomic mass is 10.1. The van der Waals surface area contributed by atoms with E-state index in [9.17, 15) is 5.11 Å². The van der Waals surface area contributed by atoms with Gasteiger partial charge < -0.3 is 19.5 Å². The van der Waals surface area contributed by atoms with Crippen LogP contribution in [0, 0.1) is 0 Å². The van der Waals surface area contributed by atoms with E-state index in [1.165, 1.54) is 25.9 Å². The van der Waals surface area contributed by atoms with Crippen LogP contribution in [0.15, 0.2) is 18.2 Å². The molecule has 1 aromatic rings. The van der Waals surface area contributed by atoms with Crippen molar-refractivity contribution in [2.45, 2.75) is 32.3 Å². The van der Waals surface area contributed by atoms with E-state index < -0.39 is 6.10 Å². The molecule has 1 atom stereocenters. The van der Waals surface area contributed by atoms with Crippen LogP contribution in [0.25, 0.3) is 0 Å². The molecule has 2 rings (SSSR count). The maximum atomic E-state index is 9.57. The summed E-state index contributed by atoms with van der Waals surface area (Å²) >= 11 is 0. The number of hydrogen-bond acceptors (Lipinski definition) is 4. The smallest absolute Gasteiger partial charge is 0.161 e. The van der Waals surface area contributed by atoms with Gasteiger partial charge in [-0.15, -0.1) is 0 Å². The lowest BCUT2D eigenvalue weighted by Gasteiger charge is -2.16. The highest BCUT2D eigenvalue weighted by atomic mass is 16.5. The third-order valence-electron chi connectivity index (χ3n) is 3.75. The first-order chi connectivity index (χ1) is 9.70. The number of hydrogen-bond donors (Lipinski definition) is 1. The molecule has 1 fully saturated rings. The van der Waals surface area contributed by atoms with E-state index in [-0.39, 0.29) is 0 Å². The molecule has 1 aromatic carbocycles. The molecule has 1 aliphatic rings. The predicted molar refractivity (Wildman–Crippen MR) is 79.4 cm³/mol. The average Bonchev–Trinajstić information content (AvgIpc) is 2.96. The van der Waals surface area contributed by atoms with Gasteiger partial charge in [0.2, 0.25) is 0 Å². The molecule has 4 nitrogen and oxygen atoms in total. The molecular formula is C16H25NO3. The van der Waals surface area contributed by atoms with Crippen molar-refractivity contribution in [1.29, 1.82) is 0 Å². The molecule has 0 radical (unpaired) electrons. The van der Waals surface area contributed by atoms with Gasteiger partial charge in [0.05, 0.1) is 19.8 Å². The Bertz CT molecular complexity index is 414. The van der Waals surface area contributed by atoms with Crippen molar-refractivity contribution in [1.82, 2.24) is 4.90 Å². The van der Waals surface area contributed by atoms with Gasteiger partial charge in [-0.3, -0.25) is 0 Å². The summed E-state index contributed by atoms with van der Waals surface area (Å²) in [4.78, 5) is 2.48. The van der Waals surface area contributed by atoms with Gasteiger partial charge in [0.25, 0.3) is 0 Å². The Kier molecular flexibility index (Phi) is 5.68. The first kappa shape index (κ1) is 15.1. The Morgan fingerprint density at radius 1 is 1.25 bits per heavy atom. The van der Waals surface area contributed by atoms with Crippen LogP contribution in [-0.4, -0.2) is 43.4 Å². The molecular weight excluding hydrogens is 254 g/mol. The molecule has 0 spiro atoms. The van der Waals surface area contributed by atoms with Crippen LogP contribution in [0.2, 0.25) is 0 Å². The van der Waals surface area contributed by atoms with E-state index in [1.54, 1.807) is 14.0 Å². The molecule has 112 valence electrons. The summed E-state index contributed by atoms with van der Waals surface area (Å²) in [5, 5.41) is 9.57. The largest absolute Gasteiger partial charge is 0.493 e. The summed E-state index contributed by atoms with van der Waals surface area (Å²) in [5.74, 6) is 1.43. The monoisotopic (exact) mass is 279 g/mol. The topological polar surface area (TPSA) is 41.9 Å². The van der Waals surface area contributed by atoms with E-state index in [1.807, 2.05) is 18.2 Å². The summed E-state index contributed by atoms with van der Waals surface area (Å²) in [6.45, 7) is 6.00. The third-order valence-corrected chi connectivity index (χ3v) is 3.75. The van der Waals surface area contributed by atoms with Crippen LogP contribution in [-0.2, 0) is 0 Å². The molecule has 0 bridgehead atoms. The molecule has 0 aromatic heterocycles. The van der Waals surface area contributed by atoms with Crippen LogP contribution < -0.4 is 9.47 Å². The number of aliphatic hydroxyl groups is 1. The number of likely N-dealkylation sites (tertiary alicyclic amines) is 1. The maximum absolute atomic E-state index is 9.57. The molecule has 1 unspecified atom stereocenters. The number of ether oxygens (including phenoxy) is 2. The van der Waals surface area contributed by atoms with Crippen LogP contribution in [0.3, 0.4) is 0 Å². The molecule has 0 saturated carbocycles. The first-order valence-corrected chi connectivity index (χ1v) is 7.42. The zero-order valence-electron chi connectivity index (χ0n) is 12.5. The fourth-order valence-electron chi connectivity index (χ4n) is 2.54. The van der Waals surface area contributed by atoms with Gasteiger partial charge >= 0.3 is 0 Å². The van der Waals surface area contributed by atoms with Crippen LogP contribution in [0.4, 0.5) is 0 Å². The van der Waals surface area contributed by atoms with Crippen LogP contribution >= 0.6 is 0 Å². The van der Waals surface area contributed by atoms with Crippen LogP contribution in [0.1, 0.15) is 37.9 Å². The van der Waals surface area contributed by atoms with Crippen molar-refractivity contribution in [2.24, 2.45) is 0 Å². The normalized spacial score (nSPS) is 17.1. The summed E-state index contributed by atoms with van der Waals surface area (Å²) < 4.78 is 11.1. The molecule has 20 heavy (non-hydrogen) atoms. The van der Waals surface area contributed by atoms with Gasteiger partial charge in [0.1, 0.15) is 0 Å². The quantitative estimate of drug-likeness (QED) is 0.779. The van der Waals surface area contributed by atoms with Crippen molar-refractivity contribution < 1.29 is 14.6 Å². The van der Waals surface area contributed by atoms with Gasteiger partial charge in [-0.05, 0) is 57.0 Å². The summed E-state index contributed by atoms with van der Waals surface area (Å²) in [6.07, 6.45) is 3.19. The lowest BCUT2D eigenvalue weighted by Crippen LogP contribution is -2.21. The summed E-state index contributed by atoms with van der Waals surface area (Å²) in [7, 11) is 1.62. The third kappa shape index (κ3) is 4.12. The van der Waals surface area contributed by atoms with Crippen molar-refractivity contribution >= 4 is 0 Å². The number of rotatable bonds is 7. The predicted octanol–water partition coefficient (Wildman–Crippen LogP) is 2.61. The Morgan fingerprint density at radius 3 is 2.65 bits per heavy atom. The fraction of sp³-hybridized carbons (Fsp3) is 0.625. The van der Waals surface area contributed by atoms with Crippen molar-refractivity contribution in [3.8, 4) is 11.5 Å². The minimum atomic E-state index is -0.492. The molecule has 0 amide bonds. The number of nitrogens with zero attached hydrogens (tertiary/aromatic N) is 1. The Hall–Kier alpha value is -1.26. The zero-order valence-corrected chi connectivity index (χ0v) is 12.5. The number of methoxy groups -OCH3 is 1.